The van der Waals surface area contributed by atoms with Crippen LogP contribution in [0.3, 0.4) is 0 Å². The van der Waals surface area contributed by atoms with Crippen molar-refractivity contribution in [2.45, 2.75) is 38.2 Å². The summed E-state index contributed by atoms with van der Waals surface area (Å²) in [5, 5.41) is 9.71. The van der Waals surface area contributed by atoms with Gasteiger partial charge in [-0.3, -0.25) is 0 Å². The third-order valence-corrected chi connectivity index (χ3v) is 3.44. The Morgan fingerprint density at radius 1 is 1.50 bits per heavy atom. The van der Waals surface area contributed by atoms with Crippen LogP contribution in [-0.4, -0.2) is 17.8 Å². The second kappa shape index (κ2) is 5.07. The molecule has 1 saturated carbocycles. The largest absolute Gasteiger partial charge is 0.489 e. The zero-order chi connectivity index (χ0) is 11.5. The molecule has 0 aromatic heterocycles. The van der Waals surface area contributed by atoms with Crippen LogP contribution in [0.5, 0.6) is 5.75 Å². The highest BCUT2D eigenvalue weighted by Gasteiger charge is 2.20. The SMILES string of the molecule is CC(CO)c1ccc(OC2CCC2)c(Cl)c1. The maximum absolute atomic E-state index is 9.07. The highest BCUT2D eigenvalue weighted by molar-refractivity contribution is 6.32. The second-order valence-electron chi connectivity index (χ2n) is 4.44. The summed E-state index contributed by atoms with van der Waals surface area (Å²) in [5.41, 5.74) is 1.05. The van der Waals surface area contributed by atoms with Gasteiger partial charge < -0.3 is 9.84 Å². The summed E-state index contributed by atoms with van der Waals surface area (Å²) in [4.78, 5) is 0. The van der Waals surface area contributed by atoms with Gasteiger partial charge in [-0.05, 0) is 37.0 Å². The highest BCUT2D eigenvalue weighted by atomic mass is 35.5. The molecule has 1 aromatic carbocycles. The number of ether oxygens (including phenoxy) is 1. The molecule has 2 nitrogen and oxygen atoms in total. The Morgan fingerprint density at radius 3 is 2.75 bits per heavy atom. The molecule has 0 amide bonds. The van der Waals surface area contributed by atoms with E-state index in [1.54, 1.807) is 0 Å². The van der Waals surface area contributed by atoms with Crippen LogP contribution in [0.4, 0.5) is 0 Å². The maximum atomic E-state index is 9.07. The van der Waals surface area contributed by atoms with E-state index in [1.165, 1.54) is 6.42 Å². The van der Waals surface area contributed by atoms with Crippen molar-refractivity contribution in [1.29, 1.82) is 0 Å². The number of halogens is 1. The van der Waals surface area contributed by atoms with Crippen molar-refractivity contribution in [3.8, 4) is 5.75 Å². The Kier molecular flexibility index (Phi) is 3.72. The molecule has 1 fully saturated rings. The average molecular weight is 241 g/mol. The molecule has 1 N–H and O–H groups in total. The molecule has 0 spiro atoms. The Balaban J connectivity index is 2.09. The molecule has 0 bridgehead atoms. The average Bonchev–Trinajstić information content (AvgIpc) is 2.23. The standard InChI is InChI=1S/C13H17ClO2/c1-9(8-15)10-5-6-13(12(14)7-10)16-11-3-2-4-11/h5-7,9,11,15H,2-4,8H2,1H3. The molecule has 1 aliphatic carbocycles. The van der Waals surface area contributed by atoms with E-state index in [4.69, 9.17) is 21.4 Å². The minimum atomic E-state index is 0.121. The van der Waals surface area contributed by atoms with Crippen LogP contribution in [0.25, 0.3) is 0 Å². The molecule has 1 unspecified atom stereocenters. The smallest absolute Gasteiger partial charge is 0.138 e. The molecule has 3 heteroatoms. The Morgan fingerprint density at radius 2 is 2.25 bits per heavy atom. The lowest BCUT2D eigenvalue weighted by Gasteiger charge is -2.27. The monoisotopic (exact) mass is 240 g/mol. The van der Waals surface area contributed by atoms with Crippen LogP contribution in [0, 0.1) is 0 Å². The molecule has 16 heavy (non-hydrogen) atoms. The minimum absolute atomic E-state index is 0.121. The van der Waals surface area contributed by atoms with Gasteiger partial charge in [0.2, 0.25) is 0 Å². The molecular weight excluding hydrogens is 224 g/mol. The number of aliphatic hydroxyl groups excluding tert-OH is 1. The quantitative estimate of drug-likeness (QED) is 0.875. The molecule has 0 heterocycles. The number of benzene rings is 1. The van der Waals surface area contributed by atoms with Crippen molar-refractivity contribution < 1.29 is 9.84 Å². The number of rotatable bonds is 4. The highest BCUT2D eigenvalue weighted by Crippen LogP contribution is 2.32. The van der Waals surface area contributed by atoms with Gasteiger partial charge in [0.25, 0.3) is 0 Å². The summed E-state index contributed by atoms with van der Waals surface area (Å²) >= 11 is 6.15. The van der Waals surface area contributed by atoms with Gasteiger partial charge >= 0.3 is 0 Å². The minimum Gasteiger partial charge on any atom is -0.489 e. The van der Waals surface area contributed by atoms with Crippen molar-refractivity contribution in [3.63, 3.8) is 0 Å². The fourth-order valence-electron chi connectivity index (χ4n) is 1.69. The first-order chi connectivity index (χ1) is 7.70. The molecular formula is C13H17ClO2. The van der Waals surface area contributed by atoms with Crippen LogP contribution >= 0.6 is 11.6 Å². The van der Waals surface area contributed by atoms with E-state index >= 15 is 0 Å². The van der Waals surface area contributed by atoms with Gasteiger partial charge in [-0.1, -0.05) is 24.6 Å². The summed E-state index contributed by atoms with van der Waals surface area (Å²) in [6, 6.07) is 5.76. The van der Waals surface area contributed by atoms with Gasteiger partial charge in [0.15, 0.2) is 0 Å². The fraction of sp³-hybridized carbons (Fsp3) is 0.538. The predicted molar refractivity (Wildman–Crippen MR) is 65.2 cm³/mol. The Hall–Kier alpha value is -0.730. The molecule has 88 valence electrons. The van der Waals surface area contributed by atoms with Crippen LogP contribution < -0.4 is 4.74 Å². The predicted octanol–water partition coefficient (Wildman–Crippen LogP) is 3.37. The summed E-state index contributed by atoms with van der Waals surface area (Å²) in [6.45, 7) is 2.11. The number of hydrogen-bond donors (Lipinski definition) is 1. The Labute approximate surface area is 101 Å². The molecule has 1 aromatic rings. The Bertz CT molecular complexity index is 361. The van der Waals surface area contributed by atoms with Crippen molar-refractivity contribution in [1.82, 2.24) is 0 Å². The maximum Gasteiger partial charge on any atom is 0.138 e. The van der Waals surface area contributed by atoms with E-state index in [1.807, 2.05) is 25.1 Å². The molecule has 0 saturated heterocycles. The van der Waals surface area contributed by atoms with Gasteiger partial charge in [-0.25, -0.2) is 0 Å². The summed E-state index contributed by atoms with van der Waals surface area (Å²) < 4.78 is 5.76. The van der Waals surface area contributed by atoms with Gasteiger partial charge in [0.1, 0.15) is 5.75 Å². The topological polar surface area (TPSA) is 29.5 Å². The summed E-state index contributed by atoms with van der Waals surface area (Å²) in [5.74, 6) is 0.885. The van der Waals surface area contributed by atoms with E-state index in [0.29, 0.717) is 11.1 Å². The third-order valence-electron chi connectivity index (χ3n) is 3.14. The van der Waals surface area contributed by atoms with E-state index < -0.39 is 0 Å². The van der Waals surface area contributed by atoms with E-state index in [0.717, 1.165) is 24.2 Å². The van der Waals surface area contributed by atoms with E-state index in [9.17, 15) is 0 Å². The fourth-order valence-corrected chi connectivity index (χ4v) is 1.93. The first-order valence-corrected chi connectivity index (χ1v) is 6.15. The summed E-state index contributed by atoms with van der Waals surface area (Å²) in [7, 11) is 0. The zero-order valence-corrected chi connectivity index (χ0v) is 10.2. The van der Waals surface area contributed by atoms with Crippen LogP contribution in [-0.2, 0) is 0 Å². The number of aliphatic hydroxyl groups is 1. The molecule has 0 radical (unpaired) electrons. The molecule has 0 aliphatic heterocycles. The zero-order valence-electron chi connectivity index (χ0n) is 9.45. The third kappa shape index (κ3) is 2.50. The van der Waals surface area contributed by atoms with E-state index in [2.05, 4.69) is 0 Å². The van der Waals surface area contributed by atoms with Gasteiger partial charge in [-0.15, -0.1) is 0 Å². The first kappa shape index (κ1) is 11.7. The van der Waals surface area contributed by atoms with Crippen molar-refractivity contribution in [2.24, 2.45) is 0 Å². The van der Waals surface area contributed by atoms with Crippen LogP contribution in [0.2, 0.25) is 5.02 Å². The summed E-state index contributed by atoms with van der Waals surface area (Å²) in [6.07, 6.45) is 3.86. The molecule has 2 rings (SSSR count). The van der Waals surface area contributed by atoms with Crippen molar-refractivity contribution in [3.05, 3.63) is 28.8 Å². The molecule has 1 aliphatic rings. The lowest BCUT2D eigenvalue weighted by molar-refractivity contribution is 0.120. The number of hydrogen-bond acceptors (Lipinski definition) is 2. The van der Waals surface area contributed by atoms with Crippen molar-refractivity contribution >= 4 is 11.6 Å². The van der Waals surface area contributed by atoms with Gasteiger partial charge in [0.05, 0.1) is 11.1 Å². The van der Waals surface area contributed by atoms with Crippen LogP contribution in [0.1, 0.15) is 37.7 Å². The van der Waals surface area contributed by atoms with Crippen LogP contribution in [0.15, 0.2) is 18.2 Å². The van der Waals surface area contributed by atoms with E-state index in [-0.39, 0.29) is 12.5 Å². The van der Waals surface area contributed by atoms with Gasteiger partial charge in [0, 0.05) is 12.5 Å². The van der Waals surface area contributed by atoms with Crippen molar-refractivity contribution in [2.75, 3.05) is 6.61 Å². The lowest BCUT2D eigenvalue weighted by atomic mass is 9.96. The normalized spacial score (nSPS) is 17.9. The molecule has 1 atom stereocenters. The van der Waals surface area contributed by atoms with Gasteiger partial charge in [-0.2, -0.15) is 0 Å². The lowest BCUT2D eigenvalue weighted by Crippen LogP contribution is -2.24. The second-order valence-corrected chi connectivity index (χ2v) is 4.85. The first-order valence-electron chi connectivity index (χ1n) is 5.77.